The summed E-state index contributed by atoms with van der Waals surface area (Å²) in [6.07, 6.45) is 5.05. The van der Waals surface area contributed by atoms with Crippen molar-refractivity contribution in [3.05, 3.63) is 83.2 Å². The maximum Gasteiger partial charge on any atom is 0.336 e. The molecule has 0 spiro atoms. The molecule has 2 aromatic carbocycles. The van der Waals surface area contributed by atoms with Gasteiger partial charge in [0.1, 0.15) is 24.4 Å². The van der Waals surface area contributed by atoms with Crippen molar-refractivity contribution in [2.75, 3.05) is 41.8 Å². The molecule has 12 N–H and O–H groups in total. The fourth-order valence-electron chi connectivity index (χ4n) is 7.24. The highest BCUT2D eigenvalue weighted by molar-refractivity contribution is 6.06. The number of aromatic carboxylic acids is 1. The van der Waals surface area contributed by atoms with Crippen LogP contribution in [0.2, 0.25) is 0 Å². The van der Waals surface area contributed by atoms with Crippen molar-refractivity contribution >= 4 is 81.7 Å². The van der Waals surface area contributed by atoms with E-state index in [4.69, 9.17) is 11.5 Å². The van der Waals surface area contributed by atoms with Crippen molar-refractivity contribution in [1.29, 1.82) is 0 Å². The smallest absolute Gasteiger partial charge is 0.336 e. The zero-order valence-corrected chi connectivity index (χ0v) is 39.0. The normalized spacial score (nSPS) is 14.4. The molecule has 1 aliphatic rings. The first-order valence-electron chi connectivity index (χ1n) is 22.3. The standard InChI is InChI=1S/C46H57N13O11/c1-24(2)36(55-33(60)10-6-5-7-20-59-34(61)17-18-35(59)62)43(66)51-25(3)40(63)53-27-13-16-30(31(21-27)44(67)68)42(65)49-19-8-9-32(45(69)70)54-41(64)26-11-14-29(15-12-26)58(4)23-28-22-50-39-37(52-28)38(47)56-46(48)57-39/h11-18,21-22,24-25,32,34,36,61H,5-10,19-20,23H2,1-4H3,(H,49,65)(H,51,66)(H,53,63)(H,54,64)(H,55,60)(H,67,68)(H,69,70)(H4,47,48,50,56,57)/t25-,32-,34?,36-/m0/s1. The third-order valence-electron chi connectivity index (χ3n) is 11.1. The lowest BCUT2D eigenvalue weighted by atomic mass is 10.0. The molecule has 0 radical (unpaired) electrons. The van der Waals surface area contributed by atoms with E-state index in [-0.39, 0.29) is 77.8 Å². The Labute approximate surface area is 401 Å². The van der Waals surface area contributed by atoms with Gasteiger partial charge in [0, 0.05) is 49.6 Å². The minimum absolute atomic E-state index is 0.0136. The lowest BCUT2D eigenvalue weighted by Gasteiger charge is -2.24. The molecule has 70 heavy (non-hydrogen) atoms. The summed E-state index contributed by atoms with van der Waals surface area (Å²) in [7, 11) is 1.80. The Morgan fingerprint density at radius 1 is 0.843 bits per heavy atom. The Balaban J connectivity index is 1.06. The first kappa shape index (κ1) is 52.7. The Bertz CT molecular complexity index is 2640. The summed E-state index contributed by atoms with van der Waals surface area (Å²) in [5.74, 6) is -6.47. The topological polar surface area (TPSA) is 367 Å². The van der Waals surface area contributed by atoms with Gasteiger partial charge in [-0.1, -0.05) is 20.3 Å². The van der Waals surface area contributed by atoms with Crippen molar-refractivity contribution < 1.29 is 53.7 Å². The van der Waals surface area contributed by atoms with E-state index in [0.29, 0.717) is 49.2 Å². The van der Waals surface area contributed by atoms with E-state index in [1.54, 1.807) is 33.0 Å². The zero-order valence-electron chi connectivity index (χ0n) is 39.0. The number of aliphatic hydroxyl groups excluding tert-OH is 1. The summed E-state index contributed by atoms with van der Waals surface area (Å²) in [4.78, 5) is 121. The van der Waals surface area contributed by atoms with Gasteiger partial charge in [-0.05, 0) is 87.1 Å². The molecule has 24 nitrogen and oxygen atoms in total. The van der Waals surface area contributed by atoms with Crippen LogP contribution in [0.3, 0.4) is 0 Å². The number of carboxylic acids is 2. The van der Waals surface area contributed by atoms with Gasteiger partial charge in [0.2, 0.25) is 29.6 Å². The number of benzene rings is 2. The van der Waals surface area contributed by atoms with Crippen molar-refractivity contribution in [3.8, 4) is 0 Å². The molecule has 0 fully saturated rings. The molecule has 372 valence electrons. The van der Waals surface area contributed by atoms with Gasteiger partial charge in [-0.15, -0.1) is 0 Å². The maximum atomic E-state index is 13.2. The Morgan fingerprint density at radius 2 is 1.57 bits per heavy atom. The van der Waals surface area contributed by atoms with Crippen molar-refractivity contribution in [3.63, 3.8) is 0 Å². The second kappa shape index (κ2) is 24.1. The second-order valence-corrected chi connectivity index (χ2v) is 16.9. The zero-order chi connectivity index (χ0) is 51.2. The fraction of sp³-hybridized carbons (Fsp3) is 0.391. The van der Waals surface area contributed by atoms with Crippen LogP contribution in [-0.2, 0) is 30.5 Å². The lowest BCUT2D eigenvalue weighted by molar-refractivity contribution is -0.139. The molecule has 3 heterocycles. The fourth-order valence-corrected chi connectivity index (χ4v) is 7.24. The molecule has 1 aliphatic heterocycles. The average Bonchev–Trinajstić information content (AvgIpc) is 3.63. The number of hydrogen-bond donors (Lipinski definition) is 10. The molecule has 1 unspecified atom stereocenters. The van der Waals surface area contributed by atoms with Crippen LogP contribution in [0.25, 0.3) is 11.2 Å². The minimum Gasteiger partial charge on any atom is -0.480 e. The van der Waals surface area contributed by atoms with Gasteiger partial charge in [-0.3, -0.25) is 28.8 Å². The quantitative estimate of drug-likeness (QED) is 0.0441. The predicted octanol–water partition coefficient (Wildman–Crippen LogP) is 1.17. The van der Waals surface area contributed by atoms with Gasteiger partial charge in [0.15, 0.2) is 17.0 Å². The lowest BCUT2D eigenvalue weighted by Crippen LogP contribution is -2.53. The van der Waals surface area contributed by atoms with Crippen LogP contribution in [0.5, 0.6) is 0 Å². The maximum absolute atomic E-state index is 13.2. The Morgan fingerprint density at radius 3 is 2.23 bits per heavy atom. The molecule has 0 bridgehead atoms. The van der Waals surface area contributed by atoms with Crippen LogP contribution in [0.1, 0.15) is 96.1 Å². The van der Waals surface area contributed by atoms with Crippen molar-refractivity contribution in [1.82, 2.24) is 46.1 Å². The van der Waals surface area contributed by atoms with E-state index in [0.717, 1.165) is 6.07 Å². The summed E-state index contributed by atoms with van der Waals surface area (Å²) in [5, 5.41) is 42.4. The third-order valence-corrected chi connectivity index (χ3v) is 11.1. The number of aliphatic hydroxyl groups is 1. The van der Waals surface area contributed by atoms with Crippen molar-refractivity contribution in [2.24, 2.45) is 5.92 Å². The molecule has 0 saturated carbocycles. The largest absolute Gasteiger partial charge is 0.480 e. The number of amides is 6. The van der Waals surface area contributed by atoms with Crippen LogP contribution < -0.4 is 43.0 Å². The summed E-state index contributed by atoms with van der Waals surface area (Å²) in [6.45, 7) is 5.42. The number of nitrogens with two attached hydrogens (primary N) is 2. The predicted molar refractivity (Wildman–Crippen MR) is 255 cm³/mol. The number of aliphatic carboxylic acids is 1. The van der Waals surface area contributed by atoms with Gasteiger partial charge < -0.3 is 63.2 Å². The molecule has 2 aromatic heterocycles. The molecule has 24 heteroatoms. The van der Waals surface area contributed by atoms with Crippen LogP contribution in [0.4, 0.5) is 23.1 Å². The van der Waals surface area contributed by atoms with E-state index >= 15 is 0 Å². The highest BCUT2D eigenvalue weighted by atomic mass is 16.4. The second-order valence-electron chi connectivity index (χ2n) is 16.9. The van der Waals surface area contributed by atoms with Crippen LogP contribution >= 0.6 is 0 Å². The van der Waals surface area contributed by atoms with Gasteiger partial charge in [0.05, 0.1) is 29.6 Å². The number of aromatic nitrogens is 4. The number of nitrogens with one attached hydrogen (secondary N) is 5. The van der Waals surface area contributed by atoms with E-state index in [1.165, 1.54) is 54.4 Å². The average molecular weight is 968 g/mol. The number of hydrogen-bond acceptors (Lipinski definition) is 16. The molecule has 0 saturated heterocycles. The van der Waals surface area contributed by atoms with Gasteiger partial charge >= 0.3 is 11.9 Å². The molecule has 4 aromatic rings. The molecule has 4 atom stereocenters. The number of carbonyl (C=O) groups is 8. The number of rotatable bonds is 24. The van der Waals surface area contributed by atoms with Crippen LogP contribution in [0, 0.1) is 5.92 Å². The summed E-state index contributed by atoms with van der Waals surface area (Å²) in [5.41, 5.74) is 12.9. The first-order valence-corrected chi connectivity index (χ1v) is 22.3. The number of carbonyl (C=O) groups excluding carboxylic acids is 6. The van der Waals surface area contributed by atoms with E-state index in [2.05, 4.69) is 46.5 Å². The summed E-state index contributed by atoms with van der Waals surface area (Å²) >= 11 is 0. The van der Waals surface area contributed by atoms with Crippen molar-refractivity contribution in [2.45, 2.75) is 90.2 Å². The van der Waals surface area contributed by atoms with Gasteiger partial charge in [0.25, 0.3) is 11.8 Å². The third kappa shape index (κ3) is 14.4. The number of unbranched alkanes of at least 4 members (excludes halogenated alkanes) is 2. The highest BCUT2D eigenvalue weighted by Crippen LogP contribution is 2.21. The number of nitrogen functional groups attached to an aromatic ring is 2. The van der Waals surface area contributed by atoms with E-state index < -0.39 is 65.5 Å². The number of anilines is 4. The van der Waals surface area contributed by atoms with Crippen LogP contribution in [0.15, 0.2) is 60.8 Å². The number of fused-ring (bicyclic) bond motifs is 1. The Kier molecular flexibility index (Phi) is 18.2. The molecule has 0 aliphatic carbocycles. The minimum atomic E-state index is -1.48. The van der Waals surface area contributed by atoms with E-state index in [9.17, 15) is 53.7 Å². The highest BCUT2D eigenvalue weighted by Gasteiger charge is 2.28. The molecule has 6 amide bonds. The van der Waals surface area contributed by atoms with Gasteiger partial charge in [-0.25, -0.2) is 19.6 Å². The number of nitrogens with zero attached hydrogens (tertiary/aromatic N) is 6. The SMILES string of the molecule is CC(C)[C@H](NC(=O)CCCCCN1C(=O)C=CC1O)C(=O)N[C@@H](C)C(=O)Nc1ccc(C(=O)NCCC[C@H](NC(=O)c2ccc(N(C)Cc3cnc4nc(N)nc(N)c4n3)cc2)C(=O)O)c(C(=O)O)c1. The summed E-state index contributed by atoms with van der Waals surface area (Å²) < 4.78 is 0. The van der Waals surface area contributed by atoms with Crippen LogP contribution in [-0.4, -0.2) is 132 Å². The number of carboxylic acid groups (broad SMARTS) is 2. The monoisotopic (exact) mass is 967 g/mol. The molecule has 5 rings (SSSR count). The molecular weight excluding hydrogens is 911 g/mol. The van der Waals surface area contributed by atoms with E-state index in [1.807, 2.05) is 4.90 Å². The Hall–Kier alpha value is -8.28. The summed E-state index contributed by atoms with van der Waals surface area (Å²) in [6, 6.07) is 6.56. The van der Waals surface area contributed by atoms with Gasteiger partial charge in [-0.2, -0.15) is 9.97 Å². The molecular formula is C46H57N13O11. The first-order chi connectivity index (χ1) is 33.2.